The van der Waals surface area contributed by atoms with Gasteiger partial charge in [0.1, 0.15) is 0 Å². The Hall–Kier alpha value is -0.990. The van der Waals surface area contributed by atoms with Crippen LogP contribution in [0.25, 0.3) is 0 Å². The zero-order valence-electron chi connectivity index (χ0n) is 7.21. The largest absolute Gasteiger partial charge is 0.356 e. The lowest BCUT2D eigenvalue weighted by atomic mass is 10.2. The number of hydrogen-bond donors (Lipinski definition) is 2. The monoisotopic (exact) mass is 165 g/mol. The van der Waals surface area contributed by atoms with Crippen molar-refractivity contribution in [3.63, 3.8) is 0 Å². The molecule has 66 valence electrons. The summed E-state index contributed by atoms with van der Waals surface area (Å²) in [4.78, 5) is 4.36. The van der Waals surface area contributed by atoms with Crippen LogP contribution in [-0.2, 0) is 0 Å². The maximum atomic E-state index is 4.36. The minimum absolute atomic E-state index is 0.578. The first-order valence-electron chi connectivity index (χ1n) is 4.65. The van der Waals surface area contributed by atoms with E-state index in [0.717, 1.165) is 38.3 Å². The topological polar surface area (TPSA) is 36.4 Å². The molecule has 0 atom stereocenters. The van der Waals surface area contributed by atoms with E-state index in [9.17, 15) is 0 Å². The third kappa shape index (κ3) is 1.78. The molecule has 0 radical (unpaired) electrons. The van der Waals surface area contributed by atoms with Crippen molar-refractivity contribution < 1.29 is 0 Å². The van der Waals surface area contributed by atoms with Gasteiger partial charge < -0.3 is 10.6 Å². The van der Waals surface area contributed by atoms with Gasteiger partial charge in [0.25, 0.3) is 0 Å². The van der Waals surface area contributed by atoms with Gasteiger partial charge in [0, 0.05) is 19.1 Å². The zero-order valence-corrected chi connectivity index (χ0v) is 7.21. The molecule has 2 N–H and O–H groups in total. The third-order valence-electron chi connectivity index (χ3n) is 2.25. The summed E-state index contributed by atoms with van der Waals surface area (Å²) in [5.74, 6) is 0.995. The molecule has 0 spiro atoms. The molecule has 12 heavy (non-hydrogen) atoms. The van der Waals surface area contributed by atoms with E-state index in [4.69, 9.17) is 0 Å². The molecule has 1 aliphatic heterocycles. The fraction of sp³-hybridized carbons (Fsp3) is 0.667. The quantitative estimate of drug-likeness (QED) is 0.559. The van der Waals surface area contributed by atoms with Crippen molar-refractivity contribution >= 4 is 5.96 Å². The summed E-state index contributed by atoms with van der Waals surface area (Å²) in [7, 11) is 0. The van der Waals surface area contributed by atoms with Gasteiger partial charge in [-0.3, -0.25) is 4.99 Å². The first-order valence-corrected chi connectivity index (χ1v) is 4.65. The summed E-state index contributed by atoms with van der Waals surface area (Å²) >= 11 is 0. The first kappa shape index (κ1) is 7.65. The van der Waals surface area contributed by atoms with Crippen molar-refractivity contribution in [2.75, 3.05) is 13.1 Å². The van der Waals surface area contributed by atoms with Crippen LogP contribution in [-0.4, -0.2) is 25.1 Å². The van der Waals surface area contributed by atoms with E-state index in [0.29, 0.717) is 6.04 Å². The Bertz CT molecular complexity index is 200. The Morgan fingerprint density at radius 1 is 1.42 bits per heavy atom. The molecule has 0 fully saturated rings. The summed E-state index contributed by atoms with van der Waals surface area (Å²) in [5.41, 5.74) is 0. The predicted molar refractivity (Wildman–Crippen MR) is 50.2 cm³/mol. The van der Waals surface area contributed by atoms with Gasteiger partial charge in [-0.1, -0.05) is 12.2 Å². The number of nitrogens with zero attached hydrogens (tertiary/aromatic N) is 1. The molecule has 0 aromatic heterocycles. The smallest absolute Gasteiger partial charge is 0.191 e. The summed E-state index contributed by atoms with van der Waals surface area (Å²) < 4.78 is 0. The average molecular weight is 165 g/mol. The Balaban J connectivity index is 1.81. The lowest BCUT2D eigenvalue weighted by Gasteiger charge is -2.19. The van der Waals surface area contributed by atoms with Gasteiger partial charge in [-0.25, -0.2) is 0 Å². The molecule has 0 unspecified atom stereocenters. The second-order valence-corrected chi connectivity index (χ2v) is 3.29. The molecule has 0 bridgehead atoms. The maximum absolute atomic E-state index is 4.36. The van der Waals surface area contributed by atoms with E-state index >= 15 is 0 Å². The van der Waals surface area contributed by atoms with Crippen molar-refractivity contribution in [3.05, 3.63) is 12.2 Å². The van der Waals surface area contributed by atoms with Crippen molar-refractivity contribution in [2.24, 2.45) is 4.99 Å². The minimum Gasteiger partial charge on any atom is -0.356 e. The van der Waals surface area contributed by atoms with E-state index in [-0.39, 0.29) is 0 Å². The molecule has 0 saturated heterocycles. The molecular weight excluding hydrogens is 150 g/mol. The lowest BCUT2D eigenvalue weighted by molar-refractivity contribution is 0.613. The minimum atomic E-state index is 0.578. The van der Waals surface area contributed by atoms with Gasteiger partial charge in [-0.05, 0) is 19.3 Å². The van der Waals surface area contributed by atoms with E-state index in [2.05, 4.69) is 27.8 Å². The van der Waals surface area contributed by atoms with E-state index < -0.39 is 0 Å². The van der Waals surface area contributed by atoms with Crippen LogP contribution in [0.3, 0.4) is 0 Å². The first-order chi connectivity index (χ1) is 5.95. The Morgan fingerprint density at radius 2 is 2.25 bits per heavy atom. The number of guanidine groups is 1. The third-order valence-corrected chi connectivity index (χ3v) is 2.25. The molecule has 0 saturated carbocycles. The highest BCUT2D eigenvalue weighted by atomic mass is 15.2. The van der Waals surface area contributed by atoms with Gasteiger partial charge in [0.05, 0.1) is 0 Å². The summed E-state index contributed by atoms with van der Waals surface area (Å²) in [6.45, 7) is 2.03. The predicted octanol–water partition coefficient (Wildman–Crippen LogP) is 0.644. The fourth-order valence-corrected chi connectivity index (χ4v) is 1.56. The van der Waals surface area contributed by atoms with Crippen LogP contribution >= 0.6 is 0 Å². The summed E-state index contributed by atoms with van der Waals surface area (Å²) in [6.07, 6.45) is 7.89. The highest BCUT2D eigenvalue weighted by Crippen LogP contribution is 2.08. The Kier molecular flexibility index (Phi) is 2.30. The zero-order chi connectivity index (χ0) is 8.23. The number of aliphatic imine (C=N–C) groups is 1. The molecule has 1 aliphatic carbocycles. The van der Waals surface area contributed by atoms with Crippen molar-refractivity contribution in [3.8, 4) is 0 Å². The standard InChI is InChI=1S/C9H15N3/c1-2-5-8(4-1)12-9-10-6-3-7-11-9/h1-2,8H,3-7H2,(H2,10,11,12). The van der Waals surface area contributed by atoms with Crippen LogP contribution in [0, 0.1) is 0 Å². The van der Waals surface area contributed by atoms with Crippen molar-refractivity contribution in [1.29, 1.82) is 0 Å². The number of hydrogen-bond acceptors (Lipinski definition) is 3. The second kappa shape index (κ2) is 3.61. The molecule has 0 aromatic rings. The molecule has 2 aliphatic rings. The van der Waals surface area contributed by atoms with Crippen LogP contribution in [0.4, 0.5) is 0 Å². The van der Waals surface area contributed by atoms with Crippen molar-refractivity contribution in [2.45, 2.75) is 25.3 Å². The number of nitrogens with one attached hydrogen (secondary N) is 2. The van der Waals surface area contributed by atoms with Gasteiger partial charge in [-0.15, -0.1) is 0 Å². The molecule has 1 heterocycles. The molecule has 3 nitrogen and oxygen atoms in total. The molecule has 2 rings (SSSR count). The van der Waals surface area contributed by atoms with Gasteiger partial charge >= 0.3 is 0 Å². The number of rotatable bonds is 1. The summed E-state index contributed by atoms with van der Waals surface area (Å²) in [6, 6.07) is 0.578. The fourth-order valence-electron chi connectivity index (χ4n) is 1.56. The van der Waals surface area contributed by atoms with Gasteiger partial charge in [0.2, 0.25) is 0 Å². The highest BCUT2D eigenvalue weighted by Gasteiger charge is 2.12. The van der Waals surface area contributed by atoms with Crippen LogP contribution in [0.5, 0.6) is 0 Å². The highest BCUT2D eigenvalue weighted by molar-refractivity contribution is 5.80. The Morgan fingerprint density at radius 3 is 2.92 bits per heavy atom. The molecule has 3 heteroatoms. The van der Waals surface area contributed by atoms with Gasteiger partial charge in [-0.2, -0.15) is 0 Å². The average Bonchev–Trinajstić information content (AvgIpc) is 2.59. The van der Waals surface area contributed by atoms with Crippen LogP contribution in [0.2, 0.25) is 0 Å². The lowest BCUT2D eigenvalue weighted by Crippen LogP contribution is -2.44. The van der Waals surface area contributed by atoms with Crippen molar-refractivity contribution in [1.82, 2.24) is 10.6 Å². The SMILES string of the molecule is C1=CCC(NC2=NCCCN2)C1. The normalized spacial score (nSPS) is 23.5. The van der Waals surface area contributed by atoms with E-state index in [1.165, 1.54) is 0 Å². The maximum Gasteiger partial charge on any atom is 0.191 e. The molecular formula is C9H15N3. The molecule has 0 amide bonds. The Labute approximate surface area is 73.0 Å². The van der Waals surface area contributed by atoms with Crippen LogP contribution in [0.1, 0.15) is 19.3 Å². The summed E-state index contributed by atoms with van der Waals surface area (Å²) in [5, 5.41) is 6.65. The van der Waals surface area contributed by atoms with E-state index in [1.807, 2.05) is 0 Å². The van der Waals surface area contributed by atoms with Crippen LogP contribution in [0.15, 0.2) is 17.1 Å². The van der Waals surface area contributed by atoms with Crippen LogP contribution < -0.4 is 10.6 Å². The second-order valence-electron chi connectivity index (χ2n) is 3.29. The van der Waals surface area contributed by atoms with Gasteiger partial charge in [0.15, 0.2) is 5.96 Å². The molecule has 0 aromatic carbocycles. The van der Waals surface area contributed by atoms with E-state index in [1.54, 1.807) is 0 Å².